The maximum atomic E-state index is 12.6. The van der Waals surface area contributed by atoms with Gasteiger partial charge in [0.25, 0.3) is 5.91 Å². The summed E-state index contributed by atoms with van der Waals surface area (Å²) in [5.41, 5.74) is 5.68. The van der Waals surface area contributed by atoms with Crippen LogP contribution in [0.25, 0.3) is 11.1 Å². The summed E-state index contributed by atoms with van der Waals surface area (Å²) < 4.78 is 0. The Morgan fingerprint density at radius 1 is 1.00 bits per heavy atom. The molecule has 1 aromatic heterocycles. The highest BCUT2D eigenvalue weighted by Crippen LogP contribution is 2.24. The molecule has 5 nitrogen and oxygen atoms in total. The highest BCUT2D eigenvalue weighted by molar-refractivity contribution is 6.03. The highest BCUT2D eigenvalue weighted by atomic mass is 16.1. The van der Waals surface area contributed by atoms with Gasteiger partial charge >= 0.3 is 0 Å². The smallest absolute Gasteiger partial charge is 0.274 e. The van der Waals surface area contributed by atoms with E-state index in [9.17, 15) is 4.79 Å². The van der Waals surface area contributed by atoms with Gasteiger partial charge in [-0.2, -0.15) is 0 Å². The van der Waals surface area contributed by atoms with Crippen LogP contribution in [0.4, 0.5) is 11.4 Å². The summed E-state index contributed by atoms with van der Waals surface area (Å²) in [4.78, 5) is 21.6. The van der Waals surface area contributed by atoms with Crippen LogP contribution < -0.4 is 10.2 Å². The molecule has 1 saturated heterocycles. The van der Waals surface area contributed by atoms with Crippen LogP contribution in [0.1, 0.15) is 22.5 Å². The van der Waals surface area contributed by atoms with Crippen LogP contribution >= 0.6 is 0 Å². The van der Waals surface area contributed by atoms with Crippen molar-refractivity contribution in [2.75, 3.05) is 37.4 Å². The van der Waals surface area contributed by atoms with E-state index in [-0.39, 0.29) is 5.91 Å². The van der Waals surface area contributed by atoms with Gasteiger partial charge < -0.3 is 15.1 Å². The molecule has 0 radical (unpaired) electrons. The number of rotatable bonds is 5. The molecule has 5 heteroatoms. The third-order valence-electron chi connectivity index (χ3n) is 5.77. The lowest BCUT2D eigenvalue weighted by Crippen LogP contribution is -2.31. The summed E-state index contributed by atoms with van der Waals surface area (Å²) in [5.74, 6) is -0.202. The number of amides is 1. The summed E-state index contributed by atoms with van der Waals surface area (Å²) in [6, 6.07) is 20.6. The second kappa shape index (κ2) is 8.67. The van der Waals surface area contributed by atoms with E-state index in [0.717, 1.165) is 29.9 Å². The number of nitrogens with zero attached hydrogens (tertiary/aromatic N) is 3. The first kappa shape index (κ1) is 20.1. The number of hydrogen-bond donors (Lipinski definition) is 1. The van der Waals surface area contributed by atoms with Gasteiger partial charge in [0.15, 0.2) is 0 Å². The number of carbonyl (C=O) groups is 1. The fraction of sp³-hybridized carbons (Fsp3) is 0.280. The lowest BCUT2D eigenvalue weighted by molar-refractivity contribution is 0.102. The molecule has 2 heterocycles. The second-order valence-electron chi connectivity index (χ2n) is 8.15. The zero-order valence-electron chi connectivity index (χ0n) is 17.8. The molecule has 1 aliphatic rings. The van der Waals surface area contributed by atoms with E-state index in [2.05, 4.69) is 77.5 Å². The van der Waals surface area contributed by atoms with Crippen LogP contribution in [-0.2, 0) is 0 Å². The number of nitrogens with one attached hydrogen (secondary N) is 1. The van der Waals surface area contributed by atoms with Crippen molar-refractivity contribution in [1.29, 1.82) is 0 Å². The minimum Gasteiger partial charge on any atom is -0.370 e. The third-order valence-corrected chi connectivity index (χ3v) is 5.77. The molecule has 1 unspecified atom stereocenters. The third kappa shape index (κ3) is 4.52. The Morgan fingerprint density at radius 3 is 2.30 bits per heavy atom. The maximum Gasteiger partial charge on any atom is 0.274 e. The molecule has 0 bridgehead atoms. The molecule has 0 saturated carbocycles. The van der Waals surface area contributed by atoms with E-state index in [1.165, 1.54) is 17.7 Å². The van der Waals surface area contributed by atoms with Crippen molar-refractivity contribution < 1.29 is 4.79 Å². The molecule has 0 spiro atoms. The number of pyridine rings is 1. The molecular formula is C25H28N4O. The number of likely N-dealkylation sites (N-methyl/N-ethyl adjacent to an activating group) is 1. The Hall–Kier alpha value is -3.18. The van der Waals surface area contributed by atoms with Crippen molar-refractivity contribution in [2.24, 2.45) is 0 Å². The zero-order chi connectivity index (χ0) is 21.1. The molecule has 1 fully saturated rings. The lowest BCUT2D eigenvalue weighted by Gasteiger charge is -2.22. The first-order valence-corrected chi connectivity index (χ1v) is 10.4. The van der Waals surface area contributed by atoms with E-state index < -0.39 is 0 Å². The minimum absolute atomic E-state index is 0.202. The topological polar surface area (TPSA) is 48.5 Å². The van der Waals surface area contributed by atoms with E-state index in [1.54, 1.807) is 12.3 Å². The molecule has 3 aromatic rings. The molecule has 1 N–H and O–H groups in total. The Kier molecular flexibility index (Phi) is 5.81. The Morgan fingerprint density at radius 2 is 1.70 bits per heavy atom. The summed E-state index contributed by atoms with van der Waals surface area (Å²) in [7, 11) is 4.27. The average molecular weight is 401 g/mol. The Labute approximate surface area is 178 Å². The highest BCUT2D eigenvalue weighted by Gasteiger charge is 2.24. The van der Waals surface area contributed by atoms with Crippen molar-refractivity contribution in [1.82, 2.24) is 9.88 Å². The van der Waals surface area contributed by atoms with Crippen molar-refractivity contribution in [3.05, 3.63) is 78.1 Å². The lowest BCUT2D eigenvalue weighted by atomic mass is 10.1. The zero-order valence-corrected chi connectivity index (χ0v) is 17.8. The minimum atomic E-state index is -0.202. The summed E-state index contributed by atoms with van der Waals surface area (Å²) in [6.07, 6.45) is 2.92. The summed E-state index contributed by atoms with van der Waals surface area (Å²) in [6.45, 7) is 4.16. The van der Waals surface area contributed by atoms with Crippen LogP contribution in [0.2, 0.25) is 0 Å². The van der Waals surface area contributed by atoms with Crippen LogP contribution in [0.5, 0.6) is 0 Å². The van der Waals surface area contributed by atoms with Gasteiger partial charge in [-0.25, -0.2) is 0 Å². The molecule has 30 heavy (non-hydrogen) atoms. The summed E-state index contributed by atoms with van der Waals surface area (Å²) >= 11 is 0. The van der Waals surface area contributed by atoms with Crippen LogP contribution in [0.15, 0.2) is 66.9 Å². The SMILES string of the molecule is Cc1ccc(-c2ccc(C(=O)Nc3ccc(N4CCC(N(C)C)C4)cc3)nc2)cc1. The Bertz CT molecular complexity index is 995. The van der Waals surface area contributed by atoms with Gasteiger partial charge in [0.05, 0.1) is 0 Å². The van der Waals surface area contributed by atoms with Gasteiger partial charge in [0, 0.05) is 42.3 Å². The standard InChI is InChI=1S/C25H28N4O/c1-18-4-6-19(7-5-18)20-8-13-24(26-16-20)25(30)27-21-9-11-22(12-10-21)29-15-14-23(17-29)28(2)3/h4-13,16,23H,14-15,17H2,1-3H3,(H,27,30). The van der Waals surface area contributed by atoms with Gasteiger partial charge in [0.1, 0.15) is 5.69 Å². The fourth-order valence-corrected chi connectivity index (χ4v) is 3.79. The van der Waals surface area contributed by atoms with E-state index in [0.29, 0.717) is 11.7 Å². The average Bonchev–Trinajstić information content (AvgIpc) is 3.26. The van der Waals surface area contributed by atoms with Crippen molar-refractivity contribution in [3.8, 4) is 11.1 Å². The predicted octanol–water partition coefficient (Wildman–Crippen LogP) is 4.45. The van der Waals surface area contributed by atoms with Gasteiger partial charge in [-0.05, 0) is 63.3 Å². The fourth-order valence-electron chi connectivity index (χ4n) is 3.79. The van der Waals surface area contributed by atoms with E-state index in [4.69, 9.17) is 0 Å². The van der Waals surface area contributed by atoms with Crippen molar-refractivity contribution in [2.45, 2.75) is 19.4 Å². The summed E-state index contributed by atoms with van der Waals surface area (Å²) in [5, 5.41) is 2.94. The van der Waals surface area contributed by atoms with E-state index in [1.807, 2.05) is 18.2 Å². The van der Waals surface area contributed by atoms with Crippen molar-refractivity contribution in [3.63, 3.8) is 0 Å². The van der Waals surface area contributed by atoms with Crippen LogP contribution in [-0.4, -0.2) is 49.0 Å². The quantitative estimate of drug-likeness (QED) is 0.687. The molecule has 154 valence electrons. The van der Waals surface area contributed by atoms with Gasteiger partial charge in [0.2, 0.25) is 0 Å². The van der Waals surface area contributed by atoms with Gasteiger partial charge in [-0.15, -0.1) is 0 Å². The number of aryl methyl sites for hydroxylation is 1. The van der Waals surface area contributed by atoms with E-state index >= 15 is 0 Å². The van der Waals surface area contributed by atoms with Crippen LogP contribution in [0, 0.1) is 6.92 Å². The molecule has 2 aromatic carbocycles. The number of hydrogen-bond acceptors (Lipinski definition) is 4. The number of anilines is 2. The molecule has 1 amide bonds. The monoisotopic (exact) mass is 400 g/mol. The number of carbonyl (C=O) groups excluding carboxylic acids is 1. The molecule has 1 atom stereocenters. The second-order valence-corrected chi connectivity index (χ2v) is 8.15. The van der Waals surface area contributed by atoms with Gasteiger partial charge in [-0.3, -0.25) is 9.78 Å². The normalized spacial score (nSPS) is 16.1. The largest absolute Gasteiger partial charge is 0.370 e. The molecule has 0 aliphatic carbocycles. The first-order chi connectivity index (χ1) is 14.5. The Balaban J connectivity index is 1.38. The number of aromatic nitrogens is 1. The first-order valence-electron chi connectivity index (χ1n) is 10.4. The molecular weight excluding hydrogens is 372 g/mol. The molecule has 4 rings (SSSR count). The molecule has 1 aliphatic heterocycles. The predicted molar refractivity (Wildman–Crippen MR) is 123 cm³/mol. The van der Waals surface area contributed by atoms with Crippen LogP contribution in [0.3, 0.4) is 0 Å². The van der Waals surface area contributed by atoms with Gasteiger partial charge in [-0.1, -0.05) is 35.9 Å². The maximum absolute atomic E-state index is 12.6. The van der Waals surface area contributed by atoms with Crippen molar-refractivity contribution >= 4 is 17.3 Å². The number of benzene rings is 2.